The highest BCUT2D eigenvalue weighted by atomic mass is 16.4. The number of hydrogen-bond donors (Lipinski definition) is 3. The summed E-state index contributed by atoms with van der Waals surface area (Å²) >= 11 is 0. The molecule has 3 N–H and O–H groups in total. The van der Waals surface area contributed by atoms with Gasteiger partial charge in [0.15, 0.2) is 0 Å². The Morgan fingerprint density at radius 3 is 2.44 bits per heavy atom. The van der Waals surface area contributed by atoms with Crippen molar-refractivity contribution in [2.45, 2.75) is 13.8 Å². The largest absolute Gasteiger partial charge is 0.481 e. The lowest BCUT2D eigenvalue weighted by molar-refractivity contribution is -0.140. The van der Waals surface area contributed by atoms with E-state index in [0.29, 0.717) is 17.8 Å². The number of carbonyl (C=O) groups is 3. The van der Waals surface area contributed by atoms with Crippen LogP contribution in [0.25, 0.3) is 0 Å². The smallest absolute Gasteiger partial charge is 0.307 e. The summed E-state index contributed by atoms with van der Waals surface area (Å²) in [6, 6.07) is 6.62. The summed E-state index contributed by atoms with van der Waals surface area (Å²) in [6.45, 7) is 4.80. The standard InChI is InChI=1S/C18H25N3O4/c1-18(2)13(14(18)17(24)25)16(23)20-12-7-5-6-11(10-12)15(22)19-8-9-21(3)4/h5-7,10,13-14H,8-9H2,1-4H3,(H,19,22)(H,20,23)(H,24,25)/t13-,14+/m0/s1. The molecule has 7 nitrogen and oxygen atoms in total. The van der Waals surface area contributed by atoms with Crippen molar-refractivity contribution in [1.82, 2.24) is 10.2 Å². The molecule has 2 rings (SSSR count). The van der Waals surface area contributed by atoms with Gasteiger partial charge in [0.1, 0.15) is 0 Å². The van der Waals surface area contributed by atoms with Gasteiger partial charge in [-0.25, -0.2) is 0 Å². The number of hydrogen-bond acceptors (Lipinski definition) is 4. The van der Waals surface area contributed by atoms with Gasteiger partial charge in [-0.2, -0.15) is 0 Å². The number of benzene rings is 1. The molecule has 1 aliphatic carbocycles. The first-order chi connectivity index (χ1) is 11.6. The summed E-state index contributed by atoms with van der Waals surface area (Å²) in [5.41, 5.74) is 0.371. The van der Waals surface area contributed by atoms with Crippen molar-refractivity contribution in [2.75, 3.05) is 32.5 Å². The van der Waals surface area contributed by atoms with Crippen molar-refractivity contribution in [1.29, 1.82) is 0 Å². The molecule has 1 aliphatic rings. The minimum Gasteiger partial charge on any atom is -0.481 e. The fourth-order valence-electron chi connectivity index (χ4n) is 3.04. The first kappa shape index (κ1) is 18.9. The Labute approximate surface area is 147 Å². The van der Waals surface area contributed by atoms with Crippen LogP contribution in [0.1, 0.15) is 24.2 Å². The van der Waals surface area contributed by atoms with Crippen LogP contribution in [0.15, 0.2) is 24.3 Å². The van der Waals surface area contributed by atoms with Crippen molar-refractivity contribution >= 4 is 23.5 Å². The molecule has 0 spiro atoms. The summed E-state index contributed by atoms with van der Waals surface area (Å²) in [7, 11) is 3.85. The number of nitrogens with zero attached hydrogens (tertiary/aromatic N) is 1. The Hall–Kier alpha value is -2.41. The van der Waals surface area contributed by atoms with Crippen LogP contribution >= 0.6 is 0 Å². The number of rotatable bonds is 7. The highest BCUT2D eigenvalue weighted by Crippen LogP contribution is 2.58. The monoisotopic (exact) mass is 347 g/mol. The second-order valence-corrected chi connectivity index (χ2v) is 7.24. The van der Waals surface area contributed by atoms with Gasteiger partial charge in [0.25, 0.3) is 5.91 Å². The van der Waals surface area contributed by atoms with Gasteiger partial charge >= 0.3 is 5.97 Å². The highest BCUT2D eigenvalue weighted by Gasteiger charge is 2.65. The van der Waals surface area contributed by atoms with E-state index in [4.69, 9.17) is 0 Å². The molecule has 1 aromatic carbocycles. The Morgan fingerprint density at radius 1 is 1.20 bits per heavy atom. The van der Waals surface area contributed by atoms with Crippen LogP contribution in [0.5, 0.6) is 0 Å². The lowest BCUT2D eigenvalue weighted by Crippen LogP contribution is -2.31. The lowest BCUT2D eigenvalue weighted by Gasteiger charge is -2.11. The lowest BCUT2D eigenvalue weighted by atomic mass is 10.1. The third-order valence-corrected chi connectivity index (χ3v) is 4.61. The molecule has 1 saturated carbocycles. The summed E-state index contributed by atoms with van der Waals surface area (Å²) in [5.74, 6) is -2.75. The quantitative estimate of drug-likeness (QED) is 0.690. The van der Waals surface area contributed by atoms with Gasteiger partial charge in [-0.1, -0.05) is 19.9 Å². The van der Waals surface area contributed by atoms with Crippen LogP contribution in [-0.4, -0.2) is 55.0 Å². The summed E-state index contributed by atoms with van der Waals surface area (Å²) in [6.07, 6.45) is 0. The van der Waals surface area contributed by atoms with Crippen molar-refractivity contribution in [2.24, 2.45) is 17.3 Å². The van der Waals surface area contributed by atoms with Gasteiger partial charge in [0, 0.05) is 24.3 Å². The van der Waals surface area contributed by atoms with Crippen LogP contribution in [0.3, 0.4) is 0 Å². The fourth-order valence-corrected chi connectivity index (χ4v) is 3.04. The van der Waals surface area contributed by atoms with Gasteiger partial charge < -0.3 is 20.6 Å². The van der Waals surface area contributed by atoms with E-state index in [1.165, 1.54) is 0 Å². The minimum atomic E-state index is -0.959. The predicted octanol–water partition coefficient (Wildman–Crippen LogP) is 1.27. The molecule has 2 amide bonds. The molecule has 0 radical (unpaired) electrons. The van der Waals surface area contributed by atoms with E-state index in [9.17, 15) is 19.5 Å². The molecule has 1 fully saturated rings. The predicted molar refractivity (Wildman–Crippen MR) is 94.4 cm³/mol. The zero-order valence-corrected chi connectivity index (χ0v) is 15.0. The minimum absolute atomic E-state index is 0.215. The number of carboxylic acid groups (broad SMARTS) is 1. The Morgan fingerprint density at radius 2 is 1.88 bits per heavy atom. The second-order valence-electron chi connectivity index (χ2n) is 7.24. The van der Waals surface area contributed by atoms with E-state index in [0.717, 1.165) is 6.54 Å². The molecule has 7 heteroatoms. The molecule has 25 heavy (non-hydrogen) atoms. The number of nitrogens with one attached hydrogen (secondary N) is 2. The van der Waals surface area contributed by atoms with Crippen molar-refractivity contribution in [3.05, 3.63) is 29.8 Å². The molecular formula is C18H25N3O4. The molecule has 0 bridgehead atoms. The molecule has 0 aromatic heterocycles. The molecule has 0 saturated heterocycles. The number of anilines is 1. The Kier molecular flexibility index (Phi) is 5.47. The van der Waals surface area contributed by atoms with Crippen LogP contribution in [-0.2, 0) is 9.59 Å². The van der Waals surface area contributed by atoms with Crippen molar-refractivity contribution < 1.29 is 19.5 Å². The number of amides is 2. The maximum absolute atomic E-state index is 12.4. The third kappa shape index (κ3) is 4.36. The molecule has 136 valence electrons. The van der Waals surface area contributed by atoms with Crippen LogP contribution in [0, 0.1) is 17.3 Å². The van der Waals surface area contributed by atoms with Gasteiger partial charge in [0.2, 0.25) is 5.91 Å². The Bertz CT molecular complexity index is 685. The van der Waals surface area contributed by atoms with E-state index >= 15 is 0 Å². The molecule has 0 unspecified atom stereocenters. The maximum atomic E-state index is 12.4. The summed E-state index contributed by atoms with van der Waals surface area (Å²) < 4.78 is 0. The van der Waals surface area contributed by atoms with Gasteiger partial charge in [-0.3, -0.25) is 14.4 Å². The molecule has 0 heterocycles. The number of carbonyl (C=O) groups excluding carboxylic acids is 2. The fraction of sp³-hybridized carbons (Fsp3) is 0.500. The number of carboxylic acids is 1. The summed E-state index contributed by atoms with van der Waals surface area (Å²) in [5, 5.41) is 14.7. The number of likely N-dealkylation sites (N-methyl/N-ethyl adjacent to an activating group) is 1. The molecule has 2 atom stereocenters. The van der Waals surface area contributed by atoms with Crippen molar-refractivity contribution in [3.8, 4) is 0 Å². The van der Waals surface area contributed by atoms with Crippen molar-refractivity contribution in [3.63, 3.8) is 0 Å². The van der Waals surface area contributed by atoms with E-state index in [2.05, 4.69) is 10.6 Å². The van der Waals surface area contributed by atoms with Gasteiger partial charge in [0.05, 0.1) is 11.8 Å². The molecular weight excluding hydrogens is 322 g/mol. The average molecular weight is 347 g/mol. The summed E-state index contributed by atoms with van der Waals surface area (Å²) in [4.78, 5) is 37.7. The molecule has 0 aliphatic heterocycles. The third-order valence-electron chi connectivity index (χ3n) is 4.61. The highest BCUT2D eigenvalue weighted by molar-refractivity contribution is 6.01. The van der Waals surface area contributed by atoms with E-state index in [-0.39, 0.29) is 11.8 Å². The van der Waals surface area contributed by atoms with E-state index in [1.54, 1.807) is 38.1 Å². The average Bonchev–Trinajstić information content (AvgIpc) is 3.10. The zero-order chi connectivity index (χ0) is 18.8. The van der Waals surface area contributed by atoms with E-state index < -0.39 is 23.2 Å². The Balaban J connectivity index is 1.99. The van der Waals surface area contributed by atoms with Crippen LogP contribution in [0.2, 0.25) is 0 Å². The van der Waals surface area contributed by atoms with Gasteiger partial charge in [-0.15, -0.1) is 0 Å². The zero-order valence-electron chi connectivity index (χ0n) is 15.0. The van der Waals surface area contributed by atoms with E-state index in [1.807, 2.05) is 19.0 Å². The first-order valence-electron chi connectivity index (χ1n) is 8.21. The topological polar surface area (TPSA) is 98.7 Å². The second kappa shape index (κ2) is 7.23. The normalized spacial score (nSPS) is 20.8. The van der Waals surface area contributed by atoms with Crippen LogP contribution < -0.4 is 10.6 Å². The SMILES string of the molecule is CN(C)CCNC(=O)c1cccc(NC(=O)[C@@H]2[C@H](C(=O)O)C2(C)C)c1. The molecule has 1 aromatic rings. The number of aliphatic carboxylic acids is 1. The van der Waals surface area contributed by atoms with Crippen LogP contribution in [0.4, 0.5) is 5.69 Å². The van der Waals surface area contributed by atoms with Gasteiger partial charge in [-0.05, 0) is 37.7 Å². The first-order valence-corrected chi connectivity index (χ1v) is 8.21. The maximum Gasteiger partial charge on any atom is 0.307 e.